The highest BCUT2D eigenvalue weighted by molar-refractivity contribution is 7.99. The van der Waals surface area contributed by atoms with Gasteiger partial charge in [-0.2, -0.15) is 4.57 Å². The predicted molar refractivity (Wildman–Crippen MR) is 104 cm³/mol. The molecular weight excluding hydrogens is 401 g/mol. The Kier molecular flexibility index (Phi) is 5.38. The Morgan fingerprint density at radius 1 is 1.28 bits per heavy atom. The number of nitrogens with one attached hydrogen (secondary N) is 2. The van der Waals surface area contributed by atoms with Crippen LogP contribution in [0.25, 0.3) is 10.2 Å². The molecule has 9 heteroatoms. The molecule has 0 aliphatic rings. The molecule has 0 bridgehead atoms. The number of carbonyl (C=O) groups is 1. The first-order valence-electron chi connectivity index (χ1n) is 7.24. The van der Waals surface area contributed by atoms with Gasteiger partial charge in [0.2, 0.25) is 5.91 Å². The van der Waals surface area contributed by atoms with Crippen LogP contribution >= 0.6 is 46.3 Å². The van der Waals surface area contributed by atoms with Crippen LogP contribution in [0.15, 0.2) is 34.2 Å². The lowest BCUT2D eigenvalue weighted by molar-refractivity contribution is -0.404. The summed E-state index contributed by atoms with van der Waals surface area (Å²) in [5.41, 5.74) is 0.452. The molecule has 0 saturated heterocycles. The third kappa shape index (κ3) is 4.17. The van der Waals surface area contributed by atoms with Crippen LogP contribution in [0.3, 0.4) is 0 Å². The molecular formula is C16H14Cl2N3O2S2+. The molecule has 25 heavy (non-hydrogen) atoms. The number of halogens is 2. The molecule has 0 aliphatic carbocycles. The van der Waals surface area contributed by atoms with Gasteiger partial charge in [0.15, 0.2) is 4.83 Å². The molecule has 0 aliphatic heterocycles. The summed E-state index contributed by atoms with van der Waals surface area (Å²) in [6.07, 6.45) is 0. The molecule has 5 nitrogen and oxygen atoms in total. The number of aromatic nitrogens is 2. The largest absolute Gasteiger partial charge is 0.346 e. The summed E-state index contributed by atoms with van der Waals surface area (Å²) in [7, 11) is 1.68. The Bertz CT molecular complexity index is 1010. The molecule has 2 aromatic heterocycles. The summed E-state index contributed by atoms with van der Waals surface area (Å²) >= 11 is 14.6. The number of nitrogens with zero attached hydrogens (tertiary/aromatic N) is 1. The van der Waals surface area contributed by atoms with Gasteiger partial charge in [0.25, 0.3) is 0 Å². The lowest BCUT2D eigenvalue weighted by atomic mass is 10.3. The zero-order chi connectivity index (χ0) is 18.1. The van der Waals surface area contributed by atoms with E-state index in [-0.39, 0.29) is 17.2 Å². The van der Waals surface area contributed by atoms with E-state index in [0.717, 1.165) is 9.71 Å². The summed E-state index contributed by atoms with van der Waals surface area (Å²) in [6, 6.07) is 6.70. The van der Waals surface area contributed by atoms with E-state index in [9.17, 15) is 9.59 Å². The fourth-order valence-electron chi connectivity index (χ4n) is 2.31. The van der Waals surface area contributed by atoms with Gasteiger partial charge in [0.1, 0.15) is 5.39 Å². The number of fused-ring (bicyclic) bond motifs is 1. The Morgan fingerprint density at radius 2 is 1.96 bits per heavy atom. The molecule has 2 N–H and O–H groups in total. The monoisotopic (exact) mass is 414 g/mol. The van der Waals surface area contributed by atoms with Crippen LogP contribution in [0.5, 0.6) is 0 Å². The zero-order valence-electron chi connectivity index (χ0n) is 13.4. The molecule has 0 spiro atoms. The minimum absolute atomic E-state index is 0.0809. The summed E-state index contributed by atoms with van der Waals surface area (Å²) in [6.45, 7) is 1.95. The Balaban J connectivity index is 1.74. The van der Waals surface area contributed by atoms with E-state index in [4.69, 9.17) is 23.2 Å². The number of carbonyl (C=O) groups excluding carboxylic acids is 1. The van der Waals surface area contributed by atoms with Crippen LogP contribution < -0.4 is 15.9 Å². The van der Waals surface area contributed by atoms with Crippen molar-refractivity contribution in [2.45, 2.75) is 12.1 Å². The first-order valence-corrected chi connectivity index (χ1v) is 9.80. The van der Waals surface area contributed by atoms with Gasteiger partial charge in [-0.25, -0.2) is 9.78 Å². The number of thioether (sulfide) groups is 1. The van der Waals surface area contributed by atoms with E-state index in [1.54, 1.807) is 25.2 Å². The Hall–Kier alpha value is -1.54. The number of hydrogen-bond donors (Lipinski definition) is 1. The number of hydrogen-bond acceptors (Lipinski definition) is 4. The second-order valence-electron chi connectivity index (χ2n) is 5.39. The van der Waals surface area contributed by atoms with Crippen LogP contribution in [0.2, 0.25) is 10.0 Å². The topological polar surface area (TPSA) is 65.2 Å². The number of anilines is 1. The third-order valence-corrected chi connectivity index (χ3v) is 5.86. The second kappa shape index (κ2) is 7.37. The summed E-state index contributed by atoms with van der Waals surface area (Å²) in [5.74, 6) is -0.0734. The number of rotatable bonds is 4. The highest BCUT2D eigenvalue weighted by Gasteiger charge is 2.18. The summed E-state index contributed by atoms with van der Waals surface area (Å²) in [5, 5.41) is 4.92. The highest BCUT2D eigenvalue weighted by atomic mass is 35.5. The van der Waals surface area contributed by atoms with Crippen LogP contribution in [-0.4, -0.2) is 16.2 Å². The normalized spacial score (nSPS) is 11.0. The van der Waals surface area contributed by atoms with Gasteiger partial charge in [-0.15, -0.1) is 0 Å². The number of H-pyrrole nitrogens is 1. The molecule has 0 unspecified atom stereocenters. The van der Waals surface area contributed by atoms with Gasteiger partial charge in [-0.1, -0.05) is 34.5 Å². The molecule has 3 rings (SSSR count). The minimum atomic E-state index is -0.216. The summed E-state index contributed by atoms with van der Waals surface area (Å²) < 4.78 is 1.52. The van der Waals surface area contributed by atoms with Crippen LogP contribution in [-0.2, 0) is 11.8 Å². The highest BCUT2D eigenvalue weighted by Crippen LogP contribution is 2.23. The molecule has 2 heterocycles. The van der Waals surface area contributed by atoms with Gasteiger partial charge in [0, 0.05) is 20.6 Å². The minimum Gasteiger partial charge on any atom is -0.325 e. The lowest BCUT2D eigenvalue weighted by Gasteiger charge is -2.06. The van der Waals surface area contributed by atoms with Crippen LogP contribution in [0.1, 0.15) is 4.88 Å². The first-order chi connectivity index (χ1) is 11.8. The van der Waals surface area contributed by atoms with Crippen molar-refractivity contribution in [3.8, 4) is 0 Å². The van der Waals surface area contributed by atoms with Crippen LogP contribution in [0.4, 0.5) is 5.69 Å². The van der Waals surface area contributed by atoms with E-state index >= 15 is 0 Å². The number of amides is 1. The fraction of sp³-hybridized carbons (Fsp3) is 0.188. The quantitative estimate of drug-likeness (QED) is 0.521. The Labute approximate surface area is 162 Å². The van der Waals surface area contributed by atoms with E-state index in [1.807, 2.05) is 13.0 Å². The van der Waals surface area contributed by atoms with Crippen molar-refractivity contribution in [2.75, 3.05) is 11.1 Å². The first kappa shape index (κ1) is 18.3. The average Bonchev–Trinajstić information content (AvgIpc) is 2.89. The van der Waals surface area contributed by atoms with Crippen molar-refractivity contribution in [2.24, 2.45) is 7.05 Å². The molecule has 0 fully saturated rings. The van der Waals surface area contributed by atoms with Crippen LogP contribution in [0, 0.1) is 6.92 Å². The number of benzene rings is 1. The van der Waals surface area contributed by atoms with Crippen molar-refractivity contribution < 1.29 is 9.78 Å². The molecule has 0 saturated carbocycles. The van der Waals surface area contributed by atoms with E-state index in [2.05, 4.69) is 10.3 Å². The molecule has 3 aromatic rings. The number of thiophene rings is 1. The van der Waals surface area contributed by atoms with Gasteiger partial charge in [0.05, 0.1) is 12.8 Å². The van der Waals surface area contributed by atoms with E-state index < -0.39 is 0 Å². The number of aromatic amines is 1. The van der Waals surface area contributed by atoms with Crippen molar-refractivity contribution in [1.82, 2.24) is 4.57 Å². The van der Waals surface area contributed by atoms with Gasteiger partial charge < -0.3 is 5.32 Å². The van der Waals surface area contributed by atoms with Gasteiger partial charge in [-0.05, 0) is 43.0 Å². The van der Waals surface area contributed by atoms with E-state index in [0.29, 0.717) is 26.3 Å². The predicted octanol–water partition coefficient (Wildman–Crippen LogP) is 3.76. The second-order valence-corrected chi connectivity index (χ2v) is 8.48. The van der Waals surface area contributed by atoms with Crippen molar-refractivity contribution >= 4 is 68.1 Å². The Morgan fingerprint density at radius 3 is 2.64 bits per heavy atom. The molecule has 130 valence electrons. The average molecular weight is 415 g/mol. The van der Waals surface area contributed by atoms with Crippen molar-refractivity contribution in [1.29, 1.82) is 0 Å². The SMILES string of the molecule is Cc1cc2c(=O)n(C)c(SCC(=O)Nc3cc(Cl)cc(Cl)c3)[nH+]c2s1. The fourth-order valence-corrected chi connectivity index (χ4v) is 4.59. The van der Waals surface area contributed by atoms with Gasteiger partial charge >= 0.3 is 10.7 Å². The van der Waals surface area contributed by atoms with Gasteiger partial charge in [-0.3, -0.25) is 4.79 Å². The smallest absolute Gasteiger partial charge is 0.325 e. The summed E-state index contributed by atoms with van der Waals surface area (Å²) in [4.78, 5) is 29.6. The molecule has 1 amide bonds. The molecule has 1 aromatic carbocycles. The maximum atomic E-state index is 12.4. The van der Waals surface area contributed by atoms with E-state index in [1.165, 1.54) is 27.7 Å². The molecule has 0 atom stereocenters. The zero-order valence-corrected chi connectivity index (χ0v) is 16.5. The maximum Gasteiger partial charge on any atom is 0.346 e. The van der Waals surface area contributed by atoms with Crippen molar-refractivity contribution in [3.63, 3.8) is 0 Å². The number of aryl methyl sites for hydroxylation is 1. The standard InChI is InChI=1S/C16H13Cl2N3O2S2/c1-8-3-12-14(25-8)20-16(21(2)15(12)23)24-7-13(22)19-11-5-9(17)4-10(18)6-11/h3-6H,7H2,1-2H3,(H,19,22)/p+1. The third-order valence-electron chi connectivity index (χ3n) is 3.40. The maximum absolute atomic E-state index is 12.4. The molecule has 0 radical (unpaired) electrons. The van der Waals surface area contributed by atoms with Crippen molar-refractivity contribution in [3.05, 3.63) is 49.5 Å². The lowest BCUT2D eigenvalue weighted by Crippen LogP contribution is -2.27.